The Morgan fingerprint density at radius 1 is 0.892 bits per heavy atom. The van der Waals surface area contributed by atoms with E-state index in [-0.39, 0.29) is 24.2 Å². The number of rotatable bonds is 10. The van der Waals surface area contributed by atoms with Crippen molar-refractivity contribution >= 4 is 29.6 Å². The summed E-state index contributed by atoms with van der Waals surface area (Å²) in [7, 11) is 2.93. The zero-order valence-electron chi connectivity index (χ0n) is 20.7. The molecular weight excluding hydrogens is 476 g/mol. The van der Waals surface area contributed by atoms with E-state index in [2.05, 4.69) is 21.2 Å². The molecule has 0 radical (unpaired) electrons. The molecule has 0 aliphatic carbocycles. The van der Waals surface area contributed by atoms with Gasteiger partial charge >= 0.3 is 11.8 Å². The molecule has 0 saturated carbocycles. The van der Waals surface area contributed by atoms with Crippen LogP contribution in [0.5, 0.6) is 17.2 Å². The average Bonchev–Trinajstić information content (AvgIpc) is 2.92. The van der Waals surface area contributed by atoms with Crippen molar-refractivity contribution in [1.29, 1.82) is 0 Å². The van der Waals surface area contributed by atoms with E-state index in [1.807, 2.05) is 37.3 Å². The van der Waals surface area contributed by atoms with Gasteiger partial charge in [-0.1, -0.05) is 30.3 Å². The lowest BCUT2D eigenvalue weighted by Gasteiger charge is -2.14. The predicted molar refractivity (Wildman–Crippen MR) is 139 cm³/mol. The first-order chi connectivity index (χ1) is 17.9. The van der Waals surface area contributed by atoms with Gasteiger partial charge in [0.25, 0.3) is 5.91 Å². The second kappa shape index (κ2) is 13.3. The minimum atomic E-state index is -0.961. The number of carbonyl (C=O) groups is 3. The maximum Gasteiger partial charge on any atom is 0.329 e. The average molecular weight is 505 g/mol. The van der Waals surface area contributed by atoms with E-state index in [1.54, 1.807) is 36.4 Å². The summed E-state index contributed by atoms with van der Waals surface area (Å²) in [4.78, 5) is 36.5. The van der Waals surface area contributed by atoms with E-state index in [1.165, 1.54) is 26.5 Å². The molecule has 3 amide bonds. The Balaban J connectivity index is 1.45. The Bertz CT molecular complexity index is 1250. The molecule has 3 rings (SSSR count). The van der Waals surface area contributed by atoms with Crippen LogP contribution in [0.3, 0.4) is 0 Å². The van der Waals surface area contributed by atoms with Crippen LogP contribution in [0.15, 0.2) is 77.9 Å². The van der Waals surface area contributed by atoms with Gasteiger partial charge in [-0.2, -0.15) is 5.10 Å². The zero-order valence-corrected chi connectivity index (χ0v) is 20.7. The van der Waals surface area contributed by atoms with Gasteiger partial charge in [0, 0.05) is 6.07 Å². The summed E-state index contributed by atoms with van der Waals surface area (Å²) in [5.74, 6) is -0.769. The highest BCUT2D eigenvalue weighted by Crippen LogP contribution is 2.28. The van der Waals surface area contributed by atoms with Gasteiger partial charge in [0.2, 0.25) is 0 Å². The summed E-state index contributed by atoms with van der Waals surface area (Å²) in [6, 6.07) is 21.0. The Morgan fingerprint density at radius 2 is 1.59 bits per heavy atom. The number of hydrogen-bond donors (Lipinski definition) is 3. The van der Waals surface area contributed by atoms with E-state index in [4.69, 9.17) is 14.2 Å². The van der Waals surface area contributed by atoms with Crippen LogP contribution < -0.4 is 30.3 Å². The lowest BCUT2D eigenvalue weighted by Crippen LogP contribution is -2.32. The summed E-state index contributed by atoms with van der Waals surface area (Å²) < 4.78 is 15.8. The topological polar surface area (TPSA) is 127 Å². The number of nitrogens with one attached hydrogen (secondary N) is 3. The van der Waals surface area contributed by atoms with Crippen LogP contribution in [0, 0.1) is 0 Å². The number of methoxy groups -OCH3 is 2. The summed E-state index contributed by atoms with van der Waals surface area (Å²) in [6.45, 7) is 1.77. The van der Waals surface area contributed by atoms with Gasteiger partial charge in [0.1, 0.15) is 17.2 Å². The number of ether oxygens (including phenoxy) is 3. The second-order valence-electron chi connectivity index (χ2n) is 7.78. The molecule has 10 heteroatoms. The maximum atomic E-state index is 12.2. The van der Waals surface area contributed by atoms with Crippen molar-refractivity contribution in [2.45, 2.75) is 13.0 Å². The minimum absolute atomic E-state index is 0.131. The smallest absolute Gasteiger partial charge is 0.329 e. The third kappa shape index (κ3) is 8.10. The number of anilines is 1. The quantitative estimate of drug-likeness (QED) is 0.221. The number of hydrogen-bond acceptors (Lipinski definition) is 7. The Labute approximate surface area is 214 Å². The molecule has 192 valence electrons. The van der Waals surface area contributed by atoms with Gasteiger partial charge in [-0.05, 0) is 54.4 Å². The number of amides is 3. The first kappa shape index (κ1) is 26.7. The summed E-state index contributed by atoms with van der Waals surface area (Å²) in [5.41, 5.74) is 4.09. The molecule has 37 heavy (non-hydrogen) atoms. The normalized spacial score (nSPS) is 11.3. The van der Waals surface area contributed by atoms with Crippen LogP contribution in [0.2, 0.25) is 0 Å². The van der Waals surface area contributed by atoms with Crippen LogP contribution in [0.1, 0.15) is 24.1 Å². The van der Waals surface area contributed by atoms with Crippen molar-refractivity contribution in [3.05, 3.63) is 83.9 Å². The first-order valence-corrected chi connectivity index (χ1v) is 11.3. The van der Waals surface area contributed by atoms with Gasteiger partial charge in [-0.3, -0.25) is 14.4 Å². The maximum absolute atomic E-state index is 12.2. The lowest BCUT2D eigenvalue weighted by atomic mass is 10.1. The van der Waals surface area contributed by atoms with Gasteiger partial charge in [0.05, 0.1) is 32.2 Å². The van der Waals surface area contributed by atoms with E-state index < -0.39 is 11.8 Å². The van der Waals surface area contributed by atoms with Crippen molar-refractivity contribution in [3.63, 3.8) is 0 Å². The molecule has 3 aromatic rings. The fourth-order valence-corrected chi connectivity index (χ4v) is 3.21. The van der Waals surface area contributed by atoms with E-state index in [0.717, 1.165) is 5.56 Å². The fraction of sp³-hybridized carbons (Fsp3) is 0.185. The molecule has 0 unspecified atom stereocenters. The monoisotopic (exact) mass is 504 g/mol. The van der Waals surface area contributed by atoms with E-state index >= 15 is 0 Å². The summed E-state index contributed by atoms with van der Waals surface area (Å²) >= 11 is 0. The molecule has 0 aliphatic rings. The molecule has 0 spiro atoms. The molecule has 0 aromatic heterocycles. The summed E-state index contributed by atoms with van der Waals surface area (Å²) in [6.07, 6.45) is 1.37. The third-order valence-electron chi connectivity index (χ3n) is 5.17. The van der Waals surface area contributed by atoms with Crippen molar-refractivity contribution in [2.24, 2.45) is 5.10 Å². The molecule has 10 nitrogen and oxygen atoms in total. The highest BCUT2D eigenvalue weighted by Gasteiger charge is 2.16. The number of benzene rings is 3. The number of carbonyl (C=O) groups excluding carboxylic acids is 3. The van der Waals surface area contributed by atoms with Crippen LogP contribution in [0.25, 0.3) is 0 Å². The Hall–Kier alpha value is -4.86. The van der Waals surface area contributed by atoms with Gasteiger partial charge in [0.15, 0.2) is 6.61 Å². The predicted octanol–water partition coefficient (Wildman–Crippen LogP) is 3.05. The highest BCUT2D eigenvalue weighted by atomic mass is 16.5. The molecule has 3 N–H and O–H groups in total. The number of hydrazone groups is 1. The molecule has 0 saturated heterocycles. The van der Waals surface area contributed by atoms with Crippen molar-refractivity contribution in [1.82, 2.24) is 10.7 Å². The fourth-order valence-electron chi connectivity index (χ4n) is 3.21. The van der Waals surface area contributed by atoms with Crippen LogP contribution in [0.4, 0.5) is 5.69 Å². The molecular formula is C27H28N4O6. The molecule has 1 atom stereocenters. The molecule has 0 heterocycles. The summed E-state index contributed by atoms with van der Waals surface area (Å²) in [5, 5.41) is 9.14. The van der Waals surface area contributed by atoms with Crippen molar-refractivity contribution in [2.75, 3.05) is 26.1 Å². The van der Waals surface area contributed by atoms with Gasteiger partial charge in [-0.15, -0.1) is 0 Å². The Kier molecular flexibility index (Phi) is 9.60. The number of nitrogens with zero attached hydrogens (tertiary/aromatic N) is 1. The Morgan fingerprint density at radius 3 is 2.27 bits per heavy atom. The van der Waals surface area contributed by atoms with E-state index in [9.17, 15) is 14.4 Å². The van der Waals surface area contributed by atoms with Gasteiger partial charge < -0.3 is 24.8 Å². The molecule has 3 aromatic carbocycles. The SMILES string of the molecule is COc1ccc(OC)c(NC(=O)C(=O)N/N=C\c2ccc(OCC(=O)N[C@H](C)c3ccccc3)cc2)c1. The largest absolute Gasteiger partial charge is 0.497 e. The molecule has 0 aliphatic heterocycles. The van der Waals surface area contributed by atoms with Crippen molar-refractivity contribution < 1.29 is 28.6 Å². The van der Waals surface area contributed by atoms with Crippen LogP contribution in [-0.4, -0.2) is 44.8 Å². The van der Waals surface area contributed by atoms with Gasteiger partial charge in [-0.25, -0.2) is 5.43 Å². The highest BCUT2D eigenvalue weighted by molar-refractivity contribution is 6.39. The van der Waals surface area contributed by atoms with Crippen LogP contribution in [-0.2, 0) is 14.4 Å². The third-order valence-corrected chi connectivity index (χ3v) is 5.17. The second-order valence-corrected chi connectivity index (χ2v) is 7.78. The first-order valence-electron chi connectivity index (χ1n) is 11.3. The standard InChI is InChI=1S/C27H28N4O6/c1-18(20-7-5-4-6-8-20)29-25(32)17-37-21-11-9-19(10-12-21)16-28-31-27(34)26(33)30-23-15-22(35-2)13-14-24(23)36-3/h4-16,18H,17H2,1-3H3,(H,29,32)(H,30,33)(H,31,34)/b28-16-/t18-/m1/s1. The van der Waals surface area contributed by atoms with E-state index in [0.29, 0.717) is 22.8 Å². The zero-order chi connectivity index (χ0) is 26.6. The molecule has 0 bridgehead atoms. The lowest BCUT2D eigenvalue weighted by molar-refractivity contribution is -0.136. The van der Waals surface area contributed by atoms with Crippen molar-refractivity contribution in [3.8, 4) is 17.2 Å². The molecule has 0 fully saturated rings. The van der Waals surface area contributed by atoms with Crippen LogP contribution >= 0.6 is 0 Å². The minimum Gasteiger partial charge on any atom is -0.497 e.